The zero-order valence-electron chi connectivity index (χ0n) is 9.31. The molecule has 0 N–H and O–H groups in total. The van der Waals surface area contributed by atoms with Crippen molar-refractivity contribution in [1.82, 2.24) is 9.96 Å². The van der Waals surface area contributed by atoms with Gasteiger partial charge in [0.2, 0.25) is 0 Å². The fourth-order valence-corrected chi connectivity index (χ4v) is 1.55. The second-order valence-electron chi connectivity index (χ2n) is 3.72. The summed E-state index contributed by atoms with van der Waals surface area (Å²) in [5, 5.41) is 1.65. The molecule has 0 aromatic carbocycles. The van der Waals surface area contributed by atoms with Crippen LogP contribution in [0.3, 0.4) is 0 Å². The molecule has 1 saturated heterocycles. The molecule has 0 aromatic heterocycles. The molecule has 1 aliphatic heterocycles. The molecule has 0 bridgehead atoms. The summed E-state index contributed by atoms with van der Waals surface area (Å²) in [5.41, 5.74) is 0. The van der Waals surface area contributed by atoms with Crippen LogP contribution in [-0.4, -0.2) is 48.5 Å². The predicted molar refractivity (Wildman–Crippen MR) is 55.2 cm³/mol. The molecule has 86 valence electrons. The standard InChI is InChI=1S/C10H18N2O3/c1-3-9(8-13)11(2)10(14)15-12-6-4-5-7-12/h8-9H,3-7H2,1-2H3. The van der Waals surface area contributed by atoms with Crippen molar-refractivity contribution in [3.05, 3.63) is 0 Å². The summed E-state index contributed by atoms with van der Waals surface area (Å²) in [6.45, 7) is 3.44. The van der Waals surface area contributed by atoms with E-state index >= 15 is 0 Å². The molecule has 0 radical (unpaired) electrons. The van der Waals surface area contributed by atoms with E-state index < -0.39 is 6.09 Å². The van der Waals surface area contributed by atoms with Gasteiger partial charge in [-0.3, -0.25) is 0 Å². The first-order chi connectivity index (χ1) is 7.19. The summed E-state index contributed by atoms with van der Waals surface area (Å²) in [7, 11) is 1.58. The van der Waals surface area contributed by atoms with Gasteiger partial charge >= 0.3 is 6.09 Å². The fourth-order valence-electron chi connectivity index (χ4n) is 1.55. The van der Waals surface area contributed by atoms with Gasteiger partial charge < -0.3 is 14.5 Å². The maximum atomic E-state index is 11.6. The molecule has 0 saturated carbocycles. The summed E-state index contributed by atoms with van der Waals surface area (Å²) < 4.78 is 0. The third kappa shape index (κ3) is 3.20. The largest absolute Gasteiger partial charge is 0.429 e. The molecular formula is C10H18N2O3. The molecule has 0 spiro atoms. The number of amides is 1. The Morgan fingerprint density at radius 2 is 2.13 bits per heavy atom. The molecule has 1 unspecified atom stereocenters. The summed E-state index contributed by atoms with van der Waals surface area (Å²) in [5.74, 6) is 0. The number of likely N-dealkylation sites (N-methyl/N-ethyl adjacent to an activating group) is 1. The maximum Gasteiger partial charge on any atom is 0.429 e. The Labute approximate surface area is 89.9 Å². The molecule has 15 heavy (non-hydrogen) atoms. The fraction of sp³-hybridized carbons (Fsp3) is 0.800. The van der Waals surface area contributed by atoms with Crippen LogP contribution in [0.5, 0.6) is 0 Å². The van der Waals surface area contributed by atoms with Crippen LogP contribution in [-0.2, 0) is 9.63 Å². The molecule has 1 atom stereocenters. The highest BCUT2D eigenvalue weighted by Gasteiger charge is 2.23. The van der Waals surface area contributed by atoms with E-state index in [2.05, 4.69) is 0 Å². The van der Waals surface area contributed by atoms with Crippen LogP contribution < -0.4 is 0 Å². The molecule has 0 aromatic rings. The maximum absolute atomic E-state index is 11.6. The van der Waals surface area contributed by atoms with Crippen molar-refractivity contribution in [2.45, 2.75) is 32.2 Å². The van der Waals surface area contributed by atoms with Crippen LogP contribution in [0.1, 0.15) is 26.2 Å². The predicted octanol–water partition coefficient (Wildman–Crippen LogP) is 1.04. The first kappa shape index (κ1) is 12.0. The number of hydrogen-bond acceptors (Lipinski definition) is 4. The molecule has 1 heterocycles. The van der Waals surface area contributed by atoms with Crippen molar-refractivity contribution in [3.8, 4) is 0 Å². The minimum absolute atomic E-state index is 0.389. The van der Waals surface area contributed by atoms with Gasteiger partial charge in [-0.2, -0.15) is 0 Å². The first-order valence-electron chi connectivity index (χ1n) is 5.34. The Kier molecular flexibility index (Phi) is 4.55. The van der Waals surface area contributed by atoms with Crippen molar-refractivity contribution in [3.63, 3.8) is 0 Å². The minimum Gasteiger partial charge on any atom is -0.351 e. The van der Waals surface area contributed by atoms with Gasteiger partial charge in [0.1, 0.15) is 6.29 Å². The van der Waals surface area contributed by atoms with Gasteiger partial charge in [-0.25, -0.2) is 4.79 Å². The van der Waals surface area contributed by atoms with Crippen LogP contribution in [0.15, 0.2) is 0 Å². The Hall–Kier alpha value is -1.10. The number of aldehydes is 1. The zero-order chi connectivity index (χ0) is 11.3. The number of hydroxylamine groups is 2. The monoisotopic (exact) mass is 214 g/mol. The van der Waals surface area contributed by atoms with Crippen molar-refractivity contribution >= 4 is 12.4 Å². The van der Waals surface area contributed by atoms with Gasteiger partial charge in [0.05, 0.1) is 6.04 Å². The Morgan fingerprint density at radius 1 is 1.53 bits per heavy atom. The van der Waals surface area contributed by atoms with Crippen molar-refractivity contribution in [1.29, 1.82) is 0 Å². The molecular weight excluding hydrogens is 196 g/mol. The summed E-state index contributed by atoms with van der Waals surface area (Å²) in [6.07, 6.45) is 3.04. The number of nitrogens with zero attached hydrogens (tertiary/aromatic N) is 2. The van der Waals surface area contributed by atoms with E-state index in [1.165, 1.54) is 4.90 Å². The van der Waals surface area contributed by atoms with E-state index in [9.17, 15) is 9.59 Å². The molecule has 1 fully saturated rings. The summed E-state index contributed by atoms with van der Waals surface area (Å²) in [4.78, 5) is 28.7. The molecule has 1 aliphatic rings. The Balaban J connectivity index is 2.40. The van der Waals surface area contributed by atoms with Gasteiger partial charge in [0.25, 0.3) is 0 Å². The lowest BCUT2D eigenvalue weighted by Crippen LogP contribution is -2.41. The smallest absolute Gasteiger partial charge is 0.351 e. The average molecular weight is 214 g/mol. The third-order valence-corrected chi connectivity index (χ3v) is 2.63. The Morgan fingerprint density at radius 3 is 2.60 bits per heavy atom. The number of carbonyl (C=O) groups is 2. The molecule has 0 aliphatic carbocycles. The number of rotatable bonds is 4. The van der Waals surface area contributed by atoms with Crippen molar-refractivity contribution < 1.29 is 14.4 Å². The zero-order valence-corrected chi connectivity index (χ0v) is 9.31. The summed E-state index contributed by atoms with van der Waals surface area (Å²) in [6, 6.07) is -0.389. The third-order valence-electron chi connectivity index (χ3n) is 2.63. The normalized spacial score (nSPS) is 18.5. The van der Waals surface area contributed by atoms with Gasteiger partial charge in [-0.15, -0.1) is 5.06 Å². The van der Waals surface area contributed by atoms with Gasteiger partial charge in [0, 0.05) is 20.1 Å². The highest BCUT2D eigenvalue weighted by Crippen LogP contribution is 2.10. The first-order valence-corrected chi connectivity index (χ1v) is 5.34. The number of hydrogen-bond donors (Lipinski definition) is 0. The lowest BCUT2D eigenvalue weighted by Gasteiger charge is -2.24. The molecule has 1 amide bonds. The van der Waals surface area contributed by atoms with Crippen LogP contribution in [0, 0.1) is 0 Å². The molecule has 5 nitrogen and oxygen atoms in total. The van der Waals surface area contributed by atoms with E-state index in [1.807, 2.05) is 6.92 Å². The van der Waals surface area contributed by atoms with E-state index in [-0.39, 0.29) is 6.04 Å². The topological polar surface area (TPSA) is 49.9 Å². The SMILES string of the molecule is CCC(C=O)N(C)C(=O)ON1CCCC1. The van der Waals surface area contributed by atoms with Crippen LogP contribution in [0.2, 0.25) is 0 Å². The second-order valence-corrected chi connectivity index (χ2v) is 3.72. The van der Waals surface area contributed by atoms with E-state index in [1.54, 1.807) is 12.1 Å². The van der Waals surface area contributed by atoms with E-state index in [0.717, 1.165) is 32.2 Å². The molecule has 1 rings (SSSR count). The van der Waals surface area contributed by atoms with Crippen molar-refractivity contribution in [2.75, 3.05) is 20.1 Å². The second kappa shape index (κ2) is 5.70. The van der Waals surface area contributed by atoms with Gasteiger partial charge in [0.15, 0.2) is 0 Å². The van der Waals surface area contributed by atoms with Crippen LogP contribution in [0.4, 0.5) is 4.79 Å². The lowest BCUT2D eigenvalue weighted by molar-refractivity contribution is -0.116. The highest BCUT2D eigenvalue weighted by atomic mass is 16.7. The van der Waals surface area contributed by atoms with E-state index in [4.69, 9.17) is 4.84 Å². The highest BCUT2D eigenvalue weighted by molar-refractivity contribution is 5.72. The van der Waals surface area contributed by atoms with E-state index in [0.29, 0.717) is 6.42 Å². The van der Waals surface area contributed by atoms with Crippen molar-refractivity contribution in [2.24, 2.45) is 0 Å². The lowest BCUT2D eigenvalue weighted by atomic mass is 10.2. The average Bonchev–Trinajstić information content (AvgIpc) is 2.72. The molecule has 5 heteroatoms. The van der Waals surface area contributed by atoms with Crippen LogP contribution >= 0.6 is 0 Å². The number of carbonyl (C=O) groups excluding carboxylic acids is 2. The minimum atomic E-state index is -0.448. The summed E-state index contributed by atoms with van der Waals surface area (Å²) >= 11 is 0. The Bertz CT molecular complexity index is 227. The van der Waals surface area contributed by atoms with Gasteiger partial charge in [-0.05, 0) is 19.3 Å². The van der Waals surface area contributed by atoms with Gasteiger partial charge in [-0.1, -0.05) is 6.92 Å². The van der Waals surface area contributed by atoms with Crippen LogP contribution in [0.25, 0.3) is 0 Å². The quantitative estimate of drug-likeness (QED) is 0.656.